The maximum Gasteiger partial charge on any atom is 0.251 e. The Morgan fingerprint density at radius 1 is 1.29 bits per heavy atom. The van der Waals surface area contributed by atoms with Gasteiger partial charge in [0, 0.05) is 10.2 Å². The SMILES string of the molecule is NC(=O)c1cc(NC2CCc3cc(Br)ccc32)ccc1F. The van der Waals surface area contributed by atoms with Gasteiger partial charge in [0.25, 0.3) is 5.91 Å². The first-order valence-corrected chi connectivity index (χ1v) is 7.48. The third kappa shape index (κ3) is 2.78. The molecule has 0 spiro atoms. The number of benzene rings is 2. The van der Waals surface area contributed by atoms with Gasteiger partial charge < -0.3 is 11.1 Å². The highest BCUT2D eigenvalue weighted by Crippen LogP contribution is 2.35. The van der Waals surface area contributed by atoms with Crippen molar-refractivity contribution in [3.8, 4) is 0 Å². The number of rotatable bonds is 3. The summed E-state index contributed by atoms with van der Waals surface area (Å²) in [4.78, 5) is 11.2. The highest BCUT2D eigenvalue weighted by atomic mass is 79.9. The Labute approximate surface area is 130 Å². The smallest absolute Gasteiger partial charge is 0.251 e. The summed E-state index contributed by atoms with van der Waals surface area (Å²) >= 11 is 3.47. The van der Waals surface area contributed by atoms with Crippen LogP contribution in [0.5, 0.6) is 0 Å². The minimum atomic E-state index is -0.757. The zero-order chi connectivity index (χ0) is 15.0. The van der Waals surface area contributed by atoms with E-state index in [1.807, 2.05) is 6.07 Å². The Balaban J connectivity index is 1.86. The van der Waals surface area contributed by atoms with E-state index in [1.165, 1.54) is 23.3 Å². The van der Waals surface area contributed by atoms with Gasteiger partial charge in [0.1, 0.15) is 5.82 Å². The molecule has 0 fully saturated rings. The monoisotopic (exact) mass is 348 g/mol. The number of nitrogens with one attached hydrogen (secondary N) is 1. The fraction of sp³-hybridized carbons (Fsp3) is 0.188. The van der Waals surface area contributed by atoms with E-state index in [0.717, 1.165) is 17.3 Å². The Morgan fingerprint density at radius 2 is 2.10 bits per heavy atom. The second kappa shape index (κ2) is 5.48. The maximum absolute atomic E-state index is 13.5. The lowest BCUT2D eigenvalue weighted by atomic mass is 10.1. The highest BCUT2D eigenvalue weighted by molar-refractivity contribution is 9.10. The predicted octanol–water partition coefficient (Wildman–Crippen LogP) is 3.79. The van der Waals surface area contributed by atoms with Crippen LogP contribution in [0.15, 0.2) is 40.9 Å². The zero-order valence-electron chi connectivity index (χ0n) is 11.2. The van der Waals surface area contributed by atoms with E-state index in [2.05, 4.69) is 33.4 Å². The molecule has 3 rings (SSSR count). The molecule has 3 nitrogen and oxygen atoms in total. The first kappa shape index (κ1) is 14.1. The van der Waals surface area contributed by atoms with Crippen LogP contribution >= 0.6 is 15.9 Å². The van der Waals surface area contributed by atoms with Crippen LogP contribution in [0.3, 0.4) is 0 Å². The highest BCUT2D eigenvalue weighted by Gasteiger charge is 2.22. The summed E-state index contributed by atoms with van der Waals surface area (Å²) in [6.07, 6.45) is 1.96. The molecule has 0 bridgehead atoms. The Morgan fingerprint density at radius 3 is 2.86 bits per heavy atom. The molecule has 1 unspecified atom stereocenters. The molecule has 1 atom stereocenters. The molecular weight excluding hydrogens is 335 g/mol. The second-order valence-corrected chi connectivity index (χ2v) is 6.05. The van der Waals surface area contributed by atoms with Crippen LogP contribution in [0, 0.1) is 5.82 Å². The van der Waals surface area contributed by atoms with Gasteiger partial charge in [-0.3, -0.25) is 4.79 Å². The first-order valence-electron chi connectivity index (χ1n) is 6.69. The molecule has 0 saturated carbocycles. The van der Waals surface area contributed by atoms with Gasteiger partial charge in [-0.25, -0.2) is 4.39 Å². The van der Waals surface area contributed by atoms with Crippen LogP contribution in [-0.2, 0) is 6.42 Å². The normalized spacial score (nSPS) is 16.6. The average molecular weight is 349 g/mol. The average Bonchev–Trinajstić information content (AvgIpc) is 2.83. The standard InChI is InChI=1S/C16H14BrFN2O/c17-10-2-4-12-9(7-10)1-6-15(12)20-11-3-5-14(18)13(8-11)16(19)21/h2-5,7-8,15,20H,1,6H2,(H2,19,21). The summed E-state index contributed by atoms with van der Waals surface area (Å²) in [6.45, 7) is 0. The van der Waals surface area contributed by atoms with Gasteiger partial charge in [-0.05, 0) is 54.3 Å². The predicted molar refractivity (Wildman–Crippen MR) is 83.7 cm³/mol. The molecule has 0 aromatic heterocycles. The van der Waals surface area contributed by atoms with Crippen LogP contribution < -0.4 is 11.1 Å². The van der Waals surface area contributed by atoms with E-state index in [0.29, 0.717) is 5.69 Å². The van der Waals surface area contributed by atoms with Crippen LogP contribution in [0.4, 0.5) is 10.1 Å². The first-order chi connectivity index (χ1) is 10.0. The molecule has 0 aliphatic heterocycles. The summed E-state index contributed by atoms with van der Waals surface area (Å²) < 4.78 is 14.6. The van der Waals surface area contributed by atoms with E-state index in [1.54, 1.807) is 6.07 Å². The van der Waals surface area contributed by atoms with Crippen molar-refractivity contribution >= 4 is 27.5 Å². The van der Waals surface area contributed by atoms with E-state index < -0.39 is 11.7 Å². The topological polar surface area (TPSA) is 55.1 Å². The van der Waals surface area contributed by atoms with Gasteiger partial charge in [-0.1, -0.05) is 22.0 Å². The van der Waals surface area contributed by atoms with Crippen molar-refractivity contribution < 1.29 is 9.18 Å². The molecule has 1 aliphatic rings. The molecule has 2 aromatic carbocycles. The fourth-order valence-electron chi connectivity index (χ4n) is 2.74. The van der Waals surface area contributed by atoms with E-state index in [4.69, 9.17) is 5.73 Å². The number of anilines is 1. The Bertz CT molecular complexity index is 717. The minimum absolute atomic E-state index is 0.0889. The number of carbonyl (C=O) groups excluding carboxylic acids is 1. The molecule has 0 saturated heterocycles. The minimum Gasteiger partial charge on any atom is -0.378 e. The van der Waals surface area contributed by atoms with Gasteiger partial charge in [-0.15, -0.1) is 0 Å². The van der Waals surface area contributed by atoms with Crippen LogP contribution in [-0.4, -0.2) is 5.91 Å². The van der Waals surface area contributed by atoms with Crippen molar-refractivity contribution in [2.45, 2.75) is 18.9 Å². The third-order valence-corrected chi connectivity index (χ3v) is 4.25. The van der Waals surface area contributed by atoms with Crippen molar-refractivity contribution in [3.05, 3.63) is 63.4 Å². The van der Waals surface area contributed by atoms with Crippen molar-refractivity contribution in [2.24, 2.45) is 5.73 Å². The number of fused-ring (bicyclic) bond motifs is 1. The van der Waals surface area contributed by atoms with Gasteiger partial charge in [-0.2, -0.15) is 0 Å². The number of halogens is 2. The second-order valence-electron chi connectivity index (χ2n) is 5.14. The lowest BCUT2D eigenvalue weighted by Gasteiger charge is -2.16. The number of hydrogen-bond acceptors (Lipinski definition) is 2. The molecule has 5 heteroatoms. The number of hydrogen-bond donors (Lipinski definition) is 2. The molecule has 1 aliphatic carbocycles. The van der Waals surface area contributed by atoms with Crippen LogP contribution in [0.2, 0.25) is 0 Å². The summed E-state index contributed by atoms with van der Waals surface area (Å²) in [6, 6.07) is 10.7. The maximum atomic E-state index is 13.5. The molecule has 0 heterocycles. The van der Waals surface area contributed by atoms with Gasteiger partial charge >= 0.3 is 0 Å². The summed E-state index contributed by atoms with van der Waals surface area (Å²) in [7, 11) is 0. The molecule has 21 heavy (non-hydrogen) atoms. The van der Waals surface area contributed by atoms with Crippen LogP contribution in [0.25, 0.3) is 0 Å². The molecule has 3 N–H and O–H groups in total. The van der Waals surface area contributed by atoms with Gasteiger partial charge in [0.2, 0.25) is 0 Å². The number of carbonyl (C=O) groups is 1. The van der Waals surface area contributed by atoms with E-state index in [9.17, 15) is 9.18 Å². The van der Waals surface area contributed by atoms with Gasteiger partial charge in [0.05, 0.1) is 11.6 Å². The largest absolute Gasteiger partial charge is 0.378 e. The van der Waals surface area contributed by atoms with Gasteiger partial charge in [0.15, 0.2) is 0 Å². The third-order valence-electron chi connectivity index (χ3n) is 3.76. The molecule has 2 aromatic rings. The number of aryl methyl sites for hydroxylation is 1. The number of amides is 1. The summed E-state index contributed by atoms with van der Waals surface area (Å²) in [5.41, 5.74) is 8.33. The number of primary amides is 1. The molecule has 0 radical (unpaired) electrons. The summed E-state index contributed by atoms with van der Waals surface area (Å²) in [5.74, 6) is -1.35. The zero-order valence-corrected chi connectivity index (χ0v) is 12.8. The lowest BCUT2D eigenvalue weighted by molar-refractivity contribution is 0.0996. The molecule has 108 valence electrons. The van der Waals surface area contributed by atoms with E-state index >= 15 is 0 Å². The Hall–Kier alpha value is -1.88. The van der Waals surface area contributed by atoms with Crippen molar-refractivity contribution in [1.29, 1.82) is 0 Å². The van der Waals surface area contributed by atoms with Crippen molar-refractivity contribution in [1.82, 2.24) is 0 Å². The number of nitrogens with two attached hydrogens (primary N) is 1. The molecular formula is C16H14BrFN2O. The van der Waals surface area contributed by atoms with Crippen molar-refractivity contribution in [3.63, 3.8) is 0 Å². The van der Waals surface area contributed by atoms with Crippen LogP contribution in [0.1, 0.15) is 33.9 Å². The summed E-state index contributed by atoms with van der Waals surface area (Å²) in [5, 5.41) is 3.35. The van der Waals surface area contributed by atoms with Crippen molar-refractivity contribution in [2.75, 3.05) is 5.32 Å². The quantitative estimate of drug-likeness (QED) is 0.886. The lowest BCUT2D eigenvalue weighted by Crippen LogP contribution is -2.14. The van der Waals surface area contributed by atoms with E-state index in [-0.39, 0.29) is 11.6 Å². The Kier molecular flexibility index (Phi) is 3.68. The fourth-order valence-corrected chi connectivity index (χ4v) is 3.15. The molecule has 1 amide bonds.